The van der Waals surface area contributed by atoms with Gasteiger partial charge in [0.15, 0.2) is 0 Å². The molecule has 2 aromatic carbocycles. The van der Waals surface area contributed by atoms with Gasteiger partial charge in [-0.2, -0.15) is 18.2 Å². The van der Waals surface area contributed by atoms with Crippen LogP contribution >= 0.6 is 11.6 Å². The molecule has 2 amide bonds. The van der Waals surface area contributed by atoms with E-state index >= 15 is 0 Å². The van der Waals surface area contributed by atoms with Crippen molar-refractivity contribution in [2.24, 2.45) is 0 Å². The monoisotopic (exact) mass is 437 g/mol. The molecular weight excluding hydrogens is 423 g/mol. The number of H-pyrrole nitrogens is 1. The van der Waals surface area contributed by atoms with Crippen LogP contribution in [-0.4, -0.2) is 27.0 Å². The molecule has 0 radical (unpaired) electrons. The molecule has 3 aromatic rings. The molecule has 3 N–H and O–H groups in total. The zero-order chi connectivity index (χ0) is 21.7. The van der Waals surface area contributed by atoms with E-state index in [1.807, 2.05) is 0 Å². The van der Waals surface area contributed by atoms with Crippen LogP contribution in [0.1, 0.15) is 34.2 Å². The molecule has 0 bridgehead atoms. The molecule has 0 aliphatic carbocycles. The summed E-state index contributed by atoms with van der Waals surface area (Å²) in [7, 11) is 0. The molecular formula is C19H15ClF3N5O2. The van der Waals surface area contributed by atoms with Crippen molar-refractivity contribution in [2.45, 2.75) is 18.6 Å². The summed E-state index contributed by atoms with van der Waals surface area (Å²) in [6, 6.07) is 14.3. The first-order chi connectivity index (χ1) is 14.2. The van der Waals surface area contributed by atoms with Crippen molar-refractivity contribution in [3.63, 3.8) is 0 Å². The Morgan fingerprint density at radius 1 is 1.07 bits per heavy atom. The zero-order valence-electron chi connectivity index (χ0n) is 15.2. The average Bonchev–Trinajstić information content (AvgIpc) is 3.17. The fourth-order valence-corrected chi connectivity index (χ4v) is 2.85. The third kappa shape index (κ3) is 5.35. The first-order valence-electron chi connectivity index (χ1n) is 8.64. The number of carbonyl (C=O) groups excluding carboxylic acids is 2. The van der Waals surface area contributed by atoms with Crippen LogP contribution in [-0.2, 0) is 11.0 Å². The Morgan fingerprint density at radius 2 is 1.73 bits per heavy atom. The van der Waals surface area contributed by atoms with E-state index in [-0.39, 0.29) is 17.0 Å². The quantitative estimate of drug-likeness (QED) is 0.543. The lowest BCUT2D eigenvalue weighted by molar-refractivity contribution is -0.144. The summed E-state index contributed by atoms with van der Waals surface area (Å²) in [6.07, 6.45) is -4.98. The van der Waals surface area contributed by atoms with E-state index in [1.54, 1.807) is 53.6 Å². The van der Waals surface area contributed by atoms with E-state index in [1.165, 1.54) is 6.07 Å². The number of aromatic nitrogens is 3. The lowest BCUT2D eigenvalue weighted by atomic mass is 10.0. The molecule has 3 rings (SSSR count). The maximum Gasteiger partial charge on any atom is 0.451 e. The van der Waals surface area contributed by atoms with Gasteiger partial charge in [0.2, 0.25) is 17.7 Å². The Kier molecular flexibility index (Phi) is 6.36. The second kappa shape index (κ2) is 8.95. The minimum absolute atomic E-state index is 0.226. The van der Waals surface area contributed by atoms with E-state index in [4.69, 9.17) is 11.6 Å². The molecule has 1 aromatic heterocycles. The van der Waals surface area contributed by atoms with Crippen LogP contribution in [0.2, 0.25) is 5.02 Å². The number of aromatic amines is 1. The number of carbonyl (C=O) groups is 2. The Bertz CT molecular complexity index is 1040. The van der Waals surface area contributed by atoms with Gasteiger partial charge in [-0.05, 0) is 17.7 Å². The first-order valence-corrected chi connectivity index (χ1v) is 9.01. The van der Waals surface area contributed by atoms with Crippen molar-refractivity contribution < 1.29 is 22.8 Å². The van der Waals surface area contributed by atoms with Gasteiger partial charge in [0.1, 0.15) is 0 Å². The number of benzene rings is 2. The van der Waals surface area contributed by atoms with Crippen LogP contribution in [0.4, 0.5) is 19.1 Å². The van der Waals surface area contributed by atoms with Gasteiger partial charge in [0.25, 0.3) is 5.91 Å². The van der Waals surface area contributed by atoms with Gasteiger partial charge in [0, 0.05) is 0 Å². The fraction of sp³-hybridized carbons (Fsp3) is 0.158. The summed E-state index contributed by atoms with van der Waals surface area (Å²) >= 11 is 6.05. The van der Waals surface area contributed by atoms with Gasteiger partial charge in [-0.25, -0.2) is 0 Å². The first kappa shape index (κ1) is 21.3. The molecule has 156 valence electrons. The molecule has 7 nitrogen and oxygen atoms in total. The lowest BCUT2D eigenvalue weighted by Crippen LogP contribution is -2.31. The Labute approximate surface area is 173 Å². The highest BCUT2D eigenvalue weighted by molar-refractivity contribution is 6.33. The molecule has 0 saturated carbocycles. The SMILES string of the molecule is O=C(C[C@@H](NC(=O)c1ccccc1Cl)c1ccccc1)Nc1n[nH]c(C(F)(F)F)n1. The number of anilines is 1. The maximum atomic E-state index is 12.6. The van der Waals surface area contributed by atoms with Crippen LogP contribution in [0.3, 0.4) is 0 Å². The predicted octanol–water partition coefficient (Wildman–Crippen LogP) is 3.98. The molecule has 0 spiro atoms. The number of rotatable bonds is 6. The molecule has 0 aliphatic heterocycles. The third-order valence-electron chi connectivity index (χ3n) is 4.02. The molecule has 0 unspecified atom stereocenters. The van der Waals surface area contributed by atoms with Gasteiger partial charge in [-0.15, -0.1) is 5.10 Å². The minimum atomic E-state index is -4.72. The highest BCUT2D eigenvalue weighted by Crippen LogP contribution is 2.26. The van der Waals surface area contributed by atoms with Gasteiger partial charge >= 0.3 is 6.18 Å². The van der Waals surface area contributed by atoms with E-state index in [0.29, 0.717) is 5.56 Å². The highest BCUT2D eigenvalue weighted by atomic mass is 35.5. The van der Waals surface area contributed by atoms with Crippen molar-refractivity contribution in [1.82, 2.24) is 20.5 Å². The summed E-state index contributed by atoms with van der Waals surface area (Å²) in [5.74, 6) is -3.03. The molecule has 0 aliphatic rings. The Hall–Kier alpha value is -3.40. The number of alkyl halides is 3. The number of amides is 2. The minimum Gasteiger partial charge on any atom is -0.345 e. The number of nitrogens with one attached hydrogen (secondary N) is 3. The second-order valence-electron chi connectivity index (χ2n) is 6.17. The van der Waals surface area contributed by atoms with Crippen molar-refractivity contribution in [3.8, 4) is 0 Å². The van der Waals surface area contributed by atoms with Crippen LogP contribution in [0.15, 0.2) is 54.6 Å². The van der Waals surface area contributed by atoms with E-state index in [2.05, 4.69) is 20.7 Å². The van der Waals surface area contributed by atoms with Gasteiger partial charge < -0.3 is 5.32 Å². The second-order valence-corrected chi connectivity index (χ2v) is 6.58. The number of hydrogen-bond acceptors (Lipinski definition) is 4. The standard InChI is InChI=1S/C19H15ClF3N5O2/c20-13-9-5-4-8-12(13)16(30)24-14(11-6-2-1-3-7-11)10-15(29)25-18-26-17(27-28-18)19(21,22)23/h1-9,14H,10H2,(H,24,30)(H2,25,26,27,28,29)/t14-/m1/s1. The van der Waals surface area contributed by atoms with Gasteiger partial charge in [-0.3, -0.25) is 20.0 Å². The maximum absolute atomic E-state index is 12.6. The molecule has 1 atom stereocenters. The Morgan fingerprint density at radius 3 is 2.37 bits per heavy atom. The highest BCUT2D eigenvalue weighted by Gasteiger charge is 2.35. The molecule has 0 saturated heterocycles. The Balaban J connectivity index is 1.74. The number of halogens is 4. The number of nitrogens with zero attached hydrogens (tertiary/aromatic N) is 2. The summed E-state index contributed by atoms with van der Waals surface area (Å²) in [5.41, 5.74) is 0.850. The van der Waals surface area contributed by atoms with Crippen LogP contribution in [0.25, 0.3) is 0 Å². The van der Waals surface area contributed by atoms with E-state index < -0.39 is 35.8 Å². The number of hydrogen-bond donors (Lipinski definition) is 3. The van der Waals surface area contributed by atoms with Crippen LogP contribution in [0.5, 0.6) is 0 Å². The van der Waals surface area contributed by atoms with E-state index in [0.717, 1.165) is 0 Å². The smallest absolute Gasteiger partial charge is 0.345 e. The molecule has 0 fully saturated rings. The normalized spacial score (nSPS) is 12.3. The summed E-state index contributed by atoms with van der Waals surface area (Å²) < 4.78 is 37.8. The van der Waals surface area contributed by atoms with Crippen molar-refractivity contribution in [1.29, 1.82) is 0 Å². The fourth-order valence-electron chi connectivity index (χ4n) is 2.62. The summed E-state index contributed by atoms with van der Waals surface area (Å²) in [4.78, 5) is 28.2. The van der Waals surface area contributed by atoms with E-state index in [9.17, 15) is 22.8 Å². The summed E-state index contributed by atoms with van der Waals surface area (Å²) in [6.45, 7) is 0. The predicted molar refractivity (Wildman–Crippen MR) is 103 cm³/mol. The molecule has 11 heteroatoms. The average molecular weight is 438 g/mol. The van der Waals surface area contributed by atoms with Crippen molar-refractivity contribution in [3.05, 3.63) is 76.6 Å². The van der Waals surface area contributed by atoms with Crippen molar-refractivity contribution >= 4 is 29.4 Å². The summed E-state index contributed by atoms with van der Waals surface area (Å²) in [5, 5.41) is 10.2. The molecule has 30 heavy (non-hydrogen) atoms. The largest absolute Gasteiger partial charge is 0.451 e. The van der Waals surface area contributed by atoms with Gasteiger partial charge in [-0.1, -0.05) is 54.1 Å². The lowest BCUT2D eigenvalue weighted by Gasteiger charge is -2.19. The van der Waals surface area contributed by atoms with Gasteiger partial charge in [0.05, 0.1) is 23.0 Å². The third-order valence-corrected chi connectivity index (χ3v) is 4.35. The van der Waals surface area contributed by atoms with Crippen LogP contribution < -0.4 is 10.6 Å². The van der Waals surface area contributed by atoms with Crippen molar-refractivity contribution in [2.75, 3.05) is 5.32 Å². The zero-order valence-corrected chi connectivity index (χ0v) is 16.0. The molecule has 1 heterocycles. The topological polar surface area (TPSA) is 99.8 Å². The van der Waals surface area contributed by atoms with Crippen LogP contribution in [0, 0.1) is 0 Å².